The van der Waals surface area contributed by atoms with Gasteiger partial charge in [-0.3, -0.25) is 9.79 Å². The lowest BCUT2D eigenvalue weighted by Crippen LogP contribution is -2.39. The zero-order chi connectivity index (χ0) is 14.4. The fourth-order valence-electron chi connectivity index (χ4n) is 1.88. The Morgan fingerprint density at radius 1 is 1.45 bits per heavy atom. The highest BCUT2D eigenvalue weighted by atomic mass is 127. The van der Waals surface area contributed by atoms with Gasteiger partial charge in [-0.15, -0.1) is 24.0 Å². The van der Waals surface area contributed by atoms with Gasteiger partial charge < -0.3 is 20.7 Å². The highest BCUT2D eigenvalue weighted by molar-refractivity contribution is 14.0. The van der Waals surface area contributed by atoms with Crippen LogP contribution >= 0.6 is 24.0 Å². The van der Waals surface area contributed by atoms with Crippen molar-refractivity contribution in [2.75, 3.05) is 27.2 Å². The summed E-state index contributed by atoms with van der Waals surface area (Å²) in [4.78, 5) is 17.5. The Morgan fingerprint density at radius 3 is 2.65 bits per heavy atom. The summed E-state index contributed by atoms with van der Waals surface area (Å²) in [6.45, 7) is 5.50. The van der Waals surface area contributed by atoms with Crippen LogP contribution in [0.15, 0.2) is 4.99 Å². The molecule has 2 atom stereocenters. The van der Waals surface area contributed by atoms with Crippen molar-refractivity contribution in [3.8, 4) is 0 Å². The van der Waals surface area contributed by atoms with Crippen LogP contribution in [-0.4, -0.2) is 56.2 Å². The van der Waals surface area contributed by atoms with Crippen molar-refractivity contribution in [2.24, 2.45) is 16.6 Å². The first-order chi connectivity index (χ1) is 8.90. The molecule has 1 saturated heterocycles. The van der Waals surface area contributed by atoms with Crippen LogP contribution in [0.5, 0.6) is 0 Å². The van der Waals surface area contributed by atoms with Crippen molar-refractivity contribution in [1.82, 2.24) is 10.2 Å². The summed E-state index contributed by atoms with van der Waals surface area (Å²) in [5.41, 5.74) is 5.75. The van der Waals surface area contributed by atoms with E-state index >= 15 is 0 Å². The summed E-state index contributed by atoms with van der Waals surface area (Å²) in [6, 6.07) is 0. The monoisotopic (exact) mass is 398 g/mol. The summed E-state index contributed by atoms with van der Waals surface area (Å²) in [7, 11) is 3.49. The molecule has 1 fully saturated rings. The predicted octanol–water partition coefficient (Wildman–Crippen LogP) is 0.800. The quantitative estimate of drug-likeness (QED) is 0.408. The maximum absolute atomic E-state index is 11.7. The highest BCUT2D eigenvalue weighted by Crippen LogP contribution is 2.20. The molecule has 0 bridgehead atoms. The van der Waals surface area contributed by atoms with Gasteiger partial charge in [-0.05, 0) is 18.8 Å². The maximum Gasteiger partial charge on any atom is 0.251 e. The molecule has 1 aliphatic rings. The average molecular weight is 398 g/mol. The Bertz CT molecular complexity index is 334. The van der Waals surface area contributed by atoms with Crippen LogP contribution in [0.1, 0.15) is 26.7 Å². The van der Waals surface area contributed by atoms with Crippen molar-refractivity contribution in [3.63, 3.8) is 0 Å². The number of nitrogens with two attached hydrogens (primary N) is 1. The van der Waals surface area contributed by atoms with E-state index in [1.54, 1.807) is 19.0 Å². The first-order valence-electron chi connectivity index (χ1n) is 6.80. The van der Waals surface area contributed by atoms with Crippen molar-refractivity contribution in [1.29, 1.82) is 0 Å². The fourth-order valence-corrected chi connectivity index (χ4v) is 1.88. The number of guanidine groups is 1. The van der Waals surface area contributed by atoms with Gasteiger partial charge in [0.1, 0.15) is 6.10 Å². The van der Waals surface area contributed by atoms with E-state index in [-0.39, 0.29) is 42.1 Å². The normalized spacial score (nSPS) is 22.6. The minimum Gasteiger partial charge on any atom is -0.370 e. The van der Waals surface area contributed by atoms with Gasteiger partial charge in [0.25, 0.3) is 5.91 Å². The Kier molecular flexibility index (Phi) is 9.11. The molecule has 6 nitrogen and oxygen atoms in total. The van der Waals surface area contributed by atoms with Crippen molar-refractivity contribution < 1.29 is 9.53 Å². The second-order valence-corrected chi connectivity index (χ2v) is 5.56. The molecular formula is C13H27IN4O2. The summed E-state index contributed by atoms with van der Waals surface area (Å²) in [5, 5.41) is 3.05. The molecule has 0 aromatic rings. The second-order valence-electron chi connectivity index (χ2n) is 5.56. The number of aliphatic imine (C=N–C) groups is 1. The number of carbonyl (C=O) groups is 1. The molecule has 7 heteroatoms. The predicted molar refractivity (Wildman–Crippen MR) is 91.3 cm³/mol. The van der Waals surface area contributed by atoms with Crippen LogP contribution in [0.2, 0.25) is 0 Å². The summed E-state index contributed by atoms with van der Waals surface area (Å²) in [5.74, 6) is 0.966. The van der Waals surface area contributed by atoms with Crippen LogP contribution < -0.4 is 11.1 Å². The first kappa shape index (κ1) is 19.4. The van der Waals surface area contributed by atoms with Gasteiger partial charge in [0.15, 0.2) is 5.96 Å². The Hall–Kier alpha value is -0.570. The molecule has 0 aromatic heterocycles. The molecule has 0 radical (unpaired) electrons. The lowest BCUT2D eigenvalue weighted by Gasteiger charge is -2.17. The van der Waals surface area contributed by atoms with Crippen molar-refractivity contribution in [3.05, 3.63) is 0 Å². The zero-order valence-electron chi connectivity index (χ0n) is 12.8. The van der Waals surface area contributed by atoms with E-state index < -0.39 is 0 Å². The van der Waals surface area contributed by atoms with Gasteiger partial charge in [0.2, 0.25) is 0 Å². The Labute approximate surface area is 138 Å². The van der Waals surface area contributed by atoms with E-state index in [2.05, 4.69) is 24.2 Å². The van der Waals surface area contributed by atoms with E-state index in [0.29, 0.717) is 25.0 Å². The molecule has 0 aromatic carbocycles. The van der Waals surface area contributed by atoms with Crippen LogP contribution in [-0.2, 0) is 9.53 Å². The molecular weight excluding hydrogens is 371 g/mol. The number of likely N-dealkylation sites (N-methyl/N-ethyl adjacent to an activating group) is 1. The molecule has 118 valence electrons. The van der Waals surface area contributed by atoms with Gasteiger partial charge in [0.05, 0.1) is 6.10 Å². The SMILES string of the molecule is CC(C)CN=C(N)NCC1CCC(C(=O)N(C)C)O1.I. The smallest absolute Gasteiger partial charge is 0.251 e. The molecule has 0 saturated carbocycles. The Morgan fingerprint density at radius 2 is 2.10 bits per heavy atom. The highest BCUT2D eigenvalue weighted by Gasteiger charge is 2.31. The van der Waals surface area contributed by atoms with Crippen molar-refractivity contribution in [2.45, 2.75) is 38.9 Å². The number of hydrogen-bond donors (Lipinski definition) is 2. The number of nitrogens with zero attached hydrogens (tertiary/aromatic N) is 2. The zero-order valence-corrected chi connectivity index (χ0v) is 15.1. The lowest BCUT2D eigenvalue weighted by atomic mass is 10.2. The number of carbonyl (C=O) groups excluding carboxylic acids is 1. The number of halogens is 1. The molecule has 1 aliphatic heterocycles. The minimum absolute atomic E-state index is 0. The van der Waals surface area contributed by atoms with Crippen LogP contribution in [0, 0.1) is 5.92 Å². The molecule has 2 unspecified atom stereocenters. The van der Waals surface area contributed by atoms with E-state index in [1.165, 1.54) is 0 Å². The average Bonchev–Trinajstić information content (AvgIpc) is 2.81. The number of amides is 1. The van der Waals surface area contributed by atoms with Crippen LogP contribution in [0.3, 0.4) is 0 Å². The van der Waals surface area contributed by atoms with E-state index in [0.717, 1.165) is 12.8 Å². The van der Waals surface area contributed by atoms with Gasteiger partial charge in [-0.25, -0.2) is 0 Å². The first-order valence-corrected chi connectivity index (χ1v) is 6.80. The lowest BCUT2D eigenvalue weighted by molar-refractivity contribution is -0.140. The third-order valence-corrected chi connectivity index (χ3v) is 2.96. The van der Waals surface area contributed by atoms with E-state index in [1.807, 2.05) is 0 Å². The topological polar surface area (TPSA) is 79.9 Å². The molecule has 0 aliphatic carbocycles. The van der Waals surface area contributed by atoms with Gasteiger partial charge in [-0.2, -0.15) is 0 Å². The summed E-state index contributed by atoms with van der Waals surface area (Å²) in [6.07, 6.45) is 1.36. The van der Waals surface area contributed by atoms with Crippen molar-refractivity contribution >= 4 is 35.8 Å². The van der Waals surface area contributed by atoms with Crippen LogP contribution in [0.25, 0.3) is 0 Å². The molecule has 1 rings (SSSR count). The molecule has 1 amide bonds. The van der Waals surface area contributed by atoms with Gasteiger partial charge >= 0.3 is 0 Å². The van der Waals surface area contributed by atoms with E-state index in [9.17, 15) is 4.79 Å². The van der Waals surface area contributed by atoms with Gasteiger partial charge in [-0.1, -0.05) is 13.8 Å². The number of rotatable bonds is 5. The fraction of sp³-hybridized carbons (Fsp3) is 0.846. The van der Waals surface area contributed by atoms with Crippen LogP contribution in [0.4, 0.5) is 0 Å². The molecule has 1 heterocycles. The number of ether oxygens (including phenoxy) is 1. The maximum atomic E-state index is 11.7. The summed E-state index contributed by atoms with van der Waals surface area (Å²) >= 11 is 0. The second kappa shape index (κ2) is 9.38. The molecule has 0 spiro atoms. The number of nitrogens with one attached hydrogen (secondary N) is 1. The molecule has 20 heavy (non-hydrogen) atoms. The Balaban J connectivity index is 0.00000361. The number of hydrogen-bond acceptors (Lipinski definition) is 3. The van der Waals surface area contributed by atoms with Gasteiger partial charge in [0, 0.05) is 27.2 Å². The minimum atomic E-state index is -0.310. The third-order valence-electron chi connectivity index (χ3n) is 2.96. The largest absolute Gasteiger partial charge is 0.370 e. The summed E-state index contributed by atoms with van der Waals surface area (Å²) < 4.78 is 5.70. The standard InChI is InChI=1S/C13H26N4O2.HI/c1-9(2)7-15-13(14)16-8-10-5-6-11(19-10)12(18)17(3)4;/h9-11H,5-8H2,1-4H3,(H3,14,15,16);1H. The molecule has 3 N–H and O–H groups in total. The van der Waals surface area contributed by atoms with E-state index in [4.69, 9.17) is 10.5 Å². The third kappa shape index (κ3) is 6.74.